The maximum Gasteiger partial charge on any atom is 0.224 e. The molecule has 0 radical (unpaired) electrons. The minimum Gasteiger partial charge on any atom is -0.497 e. The van der Waals surface area contributed by atoms with Crippen LogP contribution in [0.5, 0.6) is 5.75 Å². The molecule has 0 fully saturated rings. The molecule has 0 saturated carbocycles. The molecule has 2 aromatic carbocycles. The van der Waals surface area contributed by atoms with Gasteiger partial charge in [-0.05, 0) is 30.7 Å². The van der Waals surface area contributed by atoms with Gasteiger partial charge in [0.1, 0.15) is 5.75 Å². The Morgan fingerprint density at radius 2 is 1.82 bits per heavy atom. The molecule has 8 nitrogen and oxygen atoms in total. The Morgan fingerprint density at radius 1 is 1.09 bits per heavy atom. The predicted molar refractivity (Wildman–Crippen MR) is 132 cm³/mol. The predicted octanol–water partition coefficient (Wildman–Crippen LogP) is 3.71. The summed E-state index contributed by atoms with van der Waals surface area (Å²) in [5.41, 5.74) is 2.62. The second kappa shape index (κ2) is 10.1. The zero-order valence-corrected chi connectivity index (χ0v) is 20.4. The van der Waals surface area contributed by atoms with Gasteiger partial charge >= 0.3 is 0 Å². The number of nitrogens with one attached hydrogen (secondary N) is 1. The number of carbonyl (C=O) groups is 2. The zero-order valence-electron chi connectivity index (χ0n) is 19.6. The number of hydrogen-bond donors (Lipinski definition) is 1. The van der Waals surface area contributed by atoms with Crippen molar-refractivity contribution < 1.29 is 14.3 Å². The van der Waals surface area contributed by atoms with Crippen molar-refractivity contribution in [2.45, 2.75) is 24.5 Å². The van der Waals surface area contributed by atoms with Crippen molar-refractivity contribution in [3.8, 4) is 5.75 Å². The van der Waals surface area contributed by atoms with Crippen LogP contribution in [0.2, 0.25) is 0 Å². The Bertz CT molecular complexity index is 1330. The zero-order chi connectivity index (χ0) is 24.2. The smallest absolute Gasteiger partial charge is 0.224 e. The van der Waals surface area contributed by atoms with Crippen LogP contribution >= 0.6 is 11.8 Å². The van der Waals surface area contributed by atoms with Gasteiger partial charge in [0.05, 0.1) is 25.3 Å². The molecule has 1 unspecified atom stereocenters. The van der Waals surface area contributed by atoms with Crippen molar-refractivity contribution in [2.24, 2.45) is 14.1 Å². The number of amides is 1. The maximum absolute atomic E-state index is 12.9. The van der Waals surface area contributed by atoms with E-state index in [-0.39, 0.29) is 29.9 Å². The van der Waals surface area contributed by atoms with Crippen molar-refractivity contribution >= 4 is 34.4 Å². The fraction of sp³-hybridized carbons (Fsp3) is 0.280. The molecule has 1 N–H and O–H groups in total. The van der Waals surface area contributed by atoms with Crippen LogP contribution in [0.4, 0.5) is 0 Å². The number of methoxy groups -OCH3 is 1. The number of aryl methyl sites for hydroxylation is 1. The molecule has 0 aliphatic carbocycles. The third kappa shape index (κ3) is 4.99. The Kier molecular flexibility index (Phi) is 7.02. The number of benzene rings is 2. The van der Waals surface area contributed by atoms with Crippen molar-refractivity contribution in [3.63, 3.8) is 0 Å². The van der Waals surface area contributed by atoms with E-state index in [0.717, 1.165) is 22.2 Å². The first-order valence-electron chi connectivity index (χ1n) is 10.9. The summed E-state index contributed by atoms with van der Waals surface area (Å²) in [5.74, 6) is 1.55. The number of Topliss-reactive ketones (excluding diaryl/α,β-unsaturated/α-hetero) is 1. The van der Waals surface area contributed by atoms with Crippen molar-refractivity contribution in [3.05, 3.63) is 71.7 Å². The molecule has 0 bridgehead atoms. The second-order valence-electron chi connectivity index (χ2n) is 8.10. The molecule has 1 amide bonds. The molecule has 4 rings (SSSR count). The van der Waals surface area contributed by atoms with Crippen LogP contribution < -0.4 is 10.1 Å². The summed E-state index contributed by atoms with van der Waals surface area (Å²) in [5, 5.41) is 13.0. The van der Waals surface area contributed by atoms with Gasteiger partial charge < -0.3 is 19.2 Å². The van der Waals surface area contributed by atoms with E-state index in [4.69, 9.17) is 4.74 Å². The molecule has 9 heteroatoms. The van der Waals surface area contributed by atoms with Gasteiger partial charge in [-0.1, -0.05) is 42.1 Å². The summed E-state index contributed by atoms with van der Waals surface area (Å²) in [7, 11) is 5.38. The SMILES string of the molecule is COc1ccc(CC(=O)NC(C)c2nnc(SCC(=O)c3cn(C)c4ccccc34)n2C)cc1. The van der Waals surface area contributed by atoms with Crippen LogP contribution in [0.15, 0.2) is 59.9 Å². The Hall–Kier alpha value is -3.59. The van der Waals surface area contributed by atoms with Crippen molar-refractivity contribution in [1.29, 1.82) is 0 Å². The second-order valence-corrected chi connectivity index (χ2v) is 9.04. The molecule has 1 atom stereocenters. The van der Waals surface area contributed by atoms with E-state index in [9.17, 15) is 9.59 Å². The fourth-order valence-electron chi connectivity index (χ4n) is 3.89. The Labute approximate surface area is 202 Å². The molecule has 0 saturated heterocycles. The highest BCUT2D eigenvalue weighted by Crippen LogP contribution is 2.24. The average Bonchev–Trinajstić information content (AvgIpc) is 3.38. The van der Waals surface area contributed by atoms with Crippen molar-refractivity contribution in [2.75, 3.05) is 12.9 Å². The first-order valence-corrected chi connectivity index (χ1v) is 11.9. The summed E-state index contributed by atoms with van der Waals surface area (Å²) in [6, 6.07) is 14.9. The van der Waals surface area contributed by atoms with Crippen LogP contribution in [0.3, 0.4) is 0 Å². The molecule has 2 heterocycles. The van der Waals surface area contributed by atoms with E-state index in [1.807, 2.05) is 84.9 Å². The highest BCUT2D eigenvalue weighted by Gasteiger charge is 2.20. The minimum atomic E-state index is -0.327. The molecule has 4 aromatic rings. The highest BCUT2D eigenvalue weighted by molar-refractivity contribution is 7.99. The molecule has 176 valence electrons. The molecule has 2 aromatic heterocycles. The van der Waals surface area contributed by atoms with Gasteiger partial charge in [0.25, 0.3) is 0 Å². The van der Waals surface area contributed by atoms with E-state index in [2.05, 4.69) is 15.5 Å². The Balaban J connectivity index is 1.37. The number of ketones is 1. The maximum atomic E-state index is 12.9. The summed E-state index contributed by atoms with van der Waals surface area (Å²) in [6.45, 7) is 1.87. The topological polar surface area (TPSA) is 91.0 Å². The third-order valence-electron chi connectivity index (χ3n) is 5.69. The number of fused-ring (bicyclic) bond motifs is 1. The van der Waals surface area contributed by atoms with Crippen LogP contribution in [0, 0.1) is 0 Å². The van der Waals surface area contributed by atoms with Gasteiger partial charge in [-0.25, -0.2) is 0 Å². The molecule has 0 spiro atoms. The lowest BCUT2D eigenvalue weighted by Gasteiger charge is -2.13. The normalized spacial score (nSPS) is 12.0. The van der Waals surface area contributed by atoms with Crippen LogP contribution in [0.25, 0.3) is 10.9 Å². The summed E-state index contributed by atoms with van der Waals surface area (Å²) < 4.78 is 8.93. The quantitative estimate of drug-likeness (QED) is 0.292. The van der Waals surface area contributed by atoms with E-state index >= 15 is 0 Å². The number of thioether (sulfide) groups is 1. The number of ether oxygens (including phenoxy) is 1. The molecule has 34 heavy (non-hydrogen) atoms. The molecule has 0 aliphatic heterocycles. The lowest BCUT2D eigenvalue weighted by Crippen LogP contribution is -2.29. The van der Waals surface area contributed by atoms with Gasteiger partial charge in [-0.2, -0.15) is 0 Å². The van der Waals surface area contributed by atoms with Crippen LogP contribution in [-0.2, 0) is 25.3 Å². The number of para-hydroxylation sites is 1. The van der Waals surface area contributed by atoms with E-state index in [1.165, 1.54) is 11.8 Å². The highest BCUT2D eigenvalue weighted by atomic mass is 32.2. The van der Waals surface area contributed by atoms with Gasteiger partial charge in [0.15, 0.2) is 16.8 Å². The molecule has 0 aliphatic rings. The van der Waals surface area contributed by atoms with Crippen molar-refractivity contribution in [1.82, 2.24) is 24.6 Å². The lowest BCUT2D eigenvalue weighted by atomic mass is 10.1. The summed E-state index contributed by atoms with van der Waals surface area (Å²) in [4.78, 5) is 25.4. The van der Waals surface area contributed by atoms with E-state index in [1.54, 1.807) is 7.11 Å². The average molecular weight is 478 g/mol. The number of nitrogens with zero attached hydrogens (tertiary/aromatic N) is 4. The number of aromatic nitrogens is 4. The summed E-state index contributed by atoms with van der Waals surface area (Å²) >= 11 is 1.34. The largest absolute Gasteiger partial charge is 0.497 e. The van der Waals surface area contributed by atoms with E-state index < -0.39 is 0 Å². The van der Waals surface area contributed by atoms with E-state index in [0.29, 0.717) is 16.5 Å². The number of carbonyl (C=O) groups excluding carboxylic acids is 2. The lowest BCUT2D eigenvalue weighted by molar-refractivity contribution is -0.121. The molecular weight excluding hydrogens is 450 g/mol. The fourth-order valence-corrected chi connectivity index (χ4v) is 4.69. The van der Waals surface area contributed by atoms with Gasteiger partial charge in [-0.15, -0.1) is 10.2 Å². The first kappa shape index (κ1) is 23.6. The standard InChI is InChI=1S/C25H27N5O3S/c1-16(26-23(32)13-17-9-11-18(33-4)12-10-17)24-27-28-25(30(24)3)34-15-22(31)20-14-29(2)21-8-6-5-7-19(20)21/h5-12,14,16H,13,15H2,1-4H3,(H,26,32). The van der Waals surface area contributed by atoms with Gasteiger partial charge in [0.2, 0.25) is 5.91 Å². The monoisotopic (exact) mass is 477 g/mol. The van der Waals surface area contributed by atoms with Gasteiger partial charge in [0, 0.05) is 36.8 Å². The first-order chi connectivity index (χ1) is 16.4. The third-order valence-corrected chi connectivity index (χ3v) is 6.71. The summed E-state index contributed by atoms with van der Waals surface area (Å²) in [6.07, 6.45) is 2.13. The number of hydrogen-bond acceptors (Lipinski definition) is 6. The Morgan fingerprint density at radius 3 is 2.56 bits per heavy atom. The minimum absolute atomic E-state index is 0.0344. The van der Waals surface area contributed by atoms with Gasteiger partial charge in [-0.3, -0.25) is 9.59 Å². The molecular formula is C25H27N5O3S. The van der Waals surface area contributed by atoms with Crippen LogP contribution in [-0.4, -0.2) is 43.9 Å². The number of rotatable bonds is 9. The van der Waals surface area contributed by atoms with Crippen LogP contribution in [0.1, 0.15) is 34.7 Å².